The number of nitrogens with one attached hydrogen (secondary N) is 1. The molecule has 0 spiro atoms. The predicted octanol–water partition coefficient (Wildman–Crippen LogP) is 4.97. The van der Waals surface area contributed by atoms with Crippen LogP contribution in [0.2, 0.25) is 5.02 Å². The van der Waals surface area contributed by atoms with Gasteiger partial charge in [0.15, 0.2) is 11.0 Å². The number of aromatic nitrogens is 3. The van der Waals surface area contributed by atoms with Crippen LogP contribution in [-0.2, 0) is 11.3 Å². The zero-order valence-electron chi connectivity index (χ0n) is 15.5. The zero-order valence-corrected chi connectivity index (χ0v) is 17.1. The van der Waals surface area contributed by atoms with Crippen LogP contribution in [-0.4, -0.2) is 26.4 Å². The van der Waals surface area contributed by atoms with Crippen LogP contribution in [0.5, 0.6) is 0 Å². The Morgan fingerprint density at radius 3 is 2.63 bits per heavy atom. The molecule has 0 bridgehead atoms. The number of aryl methyl sites for hydroxylation is 2. The average molecular weight is 401 g/mol. The fourth-order valence-electron chi connectivity index (χ4n) is 2.79. The Morgan fingerprint density at radius 1 is 1.15 bits per heavy atom. The van der Waals surface area contributed by atoms with Gasteiger partial charge in [-0.05, 0) is 50.1 Å². The number of carbonyl (C=O) groups excluding carboxylic acids is 1. The van der Waals surface area contributed by atoms with Crippen LogP contribution in [0.15, 0.2) is 47.6 Å². The first-order valence-corrected chi connectivity index (χ1v) is 10.0. The number of benzene rings is 2. The Kier molecular flexibility index (Phi) is 6.19. The highest BCUT2D eigenvalue weighted by Gasteiger charge is 2.16. The second-order valence-electron chi connectivity index (χ2n) is 6.16. The van der Waals surface area contributed by atoms with E-state index < -0.39 is 0 Å². The van der Waals surface area contributed by atoms with E-state index in [2.05, 4.69) is 28.5 Å². The van der Waals surface area contributed by atoms with E-state index in [9.17, 15) is 4.79 Å². The number of rotatable bonds is 6. The molecule has 0 atom stereocenters. The van der Waals surface area contributed by atoms with Crippen molar-refractivity contribution in [2.24, 2.45) is 0 Å². The van der Waals surface area contributed by atoms with Gasteiger partial charge in [-0.3, -0.25) is 4.79 Å². The number of thioether (sulfide) groups is 1. The fraction of sp³-hybridized carbons (Fsp3) is 0.250. The minimum atomic E-state index is -0.0893. The topological polar surface area (TPSA) is 59.8 Å². The second-order valence-corrected chi connectivity index (χ2v) is 7.54. The molecule has 1 heterocycles. The van der Waals surface area contributed by atoms with Crippen molar-refractivity contribution in [3.05, 3.63) is 58.6 Å². The molecule has 5 nitrogen and oxygen atoms in total. The Balaban J connectivity index is 1.71. The molecule has 1 amide bonds. The summed E-state index contributed by atoms with van der Waals surface area (Å²) in [6.45, 7) is 6.75. The van der Waals surface area contributed by atoms with Crippen LogP contribution in [0.4, 0.5) is 5.69 Å². The smallest absolute Gasteiger partial charge is 0.234 e. The van der Waals surface area contributed by atoms with E-state index in [0.717, 1.165) is 39.9 Å². The minimum absolute atomic E-state index is 0.0893. The van der Waals surface area contributed by atoms with E-state index >= 15 is 0 Å². The number of hydrogen-bond donors (Lipinski definition) is 1. The molecule has 0 aliphatic heterocycles. The number of amides is 1. The number of carbonyl (C=O) groups is 1. The third-order valence-electron chi connectivity index (χ3n) is 4.21. The van der Waals surface area contributed by atoms with Crippen LogP contribution in [0.3, 0.4) is 0 Å². The van der Waals surface area contributed by atoms with Crippen LogP contribution < -0.4 is 5.32 Å². The molecule has 7 heteroatoms. The molecule has 0 unspecified atom stereocenters. The van der Waals surface area contributed by atoms with Gasteiger partial charge >= 0.3 is 0 Å². The molecule has 0 fully saturated rings. The van der Waals surface area contributed by atoms with Gasteiger partial charge in [0.05, 0.1) is 5.75 Å². The summed E-state index contributed by atoms with van der Waals surface area (Å²) in [4.78, 5) is 12.3. The molecule has 0 saturated heterocycles. The van der Waals surface area contributed by atoms with Crippen molar-refractivity contribution < 1.29 is 4.79 Å². The molecule has 3 aromatic rings. The molecular weight excluding hydrogens is 380 g/mol. The standard InChI is InChI=1S/C20H21ClN4OS/c1-4-25-19(16-8-6-5-7-13(16)2)23-24-20(25)27-12-18(26)22-17-10-9-15(21)11-14(17)3/h5-11H,4,12H2,1-3H3,(H,22,26). The van der Waals surface area contributed by atoms with Gasteiger partial charge in [-0.25, -0.2) is 0 Å². The third kappa shape index (κ3) is 4.51. The molecular formula is C20H21ClN4OS. The second kappa shape index (κ2) is 8.59. The van der Waals surface area contributed by atoms with Crippen molar-refractivity contribution in [3.63, 3.8) is 0 Å². The number of anilines is 1. The van der Waals surface area contributed by atoms with Gasteiger partial charge in [-0.15, -0.1) is 10.2 Å². The first-order chi connectivity index (χ1) is 13.0. The summed E-state index contributed by atoms with van der Waals surface area (Å²) in [5, 5.41) is 12.9. The lowest BCUT2D eigenvalue weighted by Crippen LogP contribution is -2.15. The van der Waals surface area contributed by atoms with Gasteiger partial charge in [0.1, 0.15) is 0 Å². The highest BCUT2D eigenvalue weighted by molar-refractivity contribution is 7.99. The van der Waals surface area contributed by atoms with Crippen molar-refractivity contribution in [1.82, 2.24) is 14.8 Å². The highest BCUT2D eigenvalue weighted by atomic mass is 35.5. The van der Waals surface area contributed by atoms with E-state index in [4.69, 9.17) is 11.6 Å². The highest BCUT2D eigenvalue weighted by Crippen LogP contribution is 2.26. The molecule has 0 saturated carbocycles. The maximum Gasteiger partial charge on any atom is 0.234 e. The molecule has 0 radical (unpaired) electrons. The van der Waals surface area contributed by atoms with Crippen molar-refractivity contribution >= 4 is 35.0 Å². The Labute approximate surface area is 168 Å². The van der Waals surface area contributed by atoms with Gasteiger partial charge in [-0.1, -0.05) is 47.6 Å². The van der Waals surface area contributed by atoms with Crippen LogP contribution in [0.1, 0.15) is 18.1 Å². The van der Waals surface area contributed by atoms with Crippen molar-refractivity contribution in [2.45, 2.75) is 32.5 Å². The molecule has 1 aromatic heterocycles. The molecule has 2 aromatic carbocycles. The maximum absolute atomic E-state index is 12.3. The number of hydrogen-bond acceptors (Lipinski definition) is 4. The summed E-state index contributed by atoms with van der Waals surface area (Å²) in [7, 11) is 0. The van der Waals surface area contributed by atoms with Gasteiger partial charge in [0, 0.05) is 22.8 Å². The Morgan fingerprint density at radius 2 is 1.93 bits per heavy atom. The van der Waals surface area contributed by atoms with Crippen LogP contribution in [0, 0.1) is 13.8 Å². The summed E-state index contributed by atoms with van der Waals surface area (Å²) >= 11 is 7.34. The normalized spacial score (nSPS) is 10.8. The molecule has 140 valence electrons. The van der Waals surface area contributed by atoms with E-state index in [-0.39, 0.29) is 11.7 Å². The van der Waals surface area contributed by atoms with Crippen LogP contribution >= 0.6 is 23.4 Å². The van der Waals surface area contributed by atoms with E-state index in [1.807, 2.05) is 48.7 Å². The van der Waals surface area contributed by atoms with Crippen molar-refractivity contribution in [3.8, 4) is 11.4 Å². The molecule has 3 rings (SSSR count). The third-order valence-corrected chi connectivity index (χ3v) is 5.42. The molecule has 27 heavy (non-hydrogen) atoms. The SMILES string of the molecule is CCn1c(SCC(=O)Nc2ccc(Cl)cc2C)nnc1-c1ccccc1C. The maximum atomic E-state index is 12.3. The fourth-order valence-corrected chi connectivity index (χ4v) is 3.82. The van der Waals surface area contributed by atoms with Crippen molar-refractivity contribution in [1.29, 1.82) is 0 Å². The lowest BCUT2D eigenvalue weighted by molar-refractivity contribution is -0.113. The van der Waals surface area contributed by atoms with E-state index in [1.165, 1.54) is 11.8 Å². The van der Waals surface area contributed by atoms with E-state index in [1.54, 1.807) is 6.07 Å². The van der Waals surface area contributed by atoms with Crippen molar-refractivity contribution in [2.75, 3.05) is 11.1 Å². The average Bonchev–Trinajstić information content (AvgIpc) is 3.05. The Hall–Kier alpha value is -2.31. The summed E-state index contributed by atoms with van der Waals surface area (Å²) in [6.07, 6.45) is 0. The predicted molar refractivity (Wildman–Crippen MR) is 111 cm³/mol. The lowest BCUT2D eigenvalue weighted by Gasteiger charge is -2.10. The molecule has 0 aliphatic rings. The summed E-state index contributed by atoms with van der Waals surface area (Å²) in [5.74, 6) is 0.995. The summed E-state index contributed by atoms with van der Waals surface area (Å²) in [5.41, 5.74) is 3.90. The quantitative estimate of drug-likeness (QED) is 0.593. The Bertz CT molecular complexity index is 970. The van der Waals surface area contributed by atoms with Crippen LogP contribution in [0.25, 0.3) is 11.4 Å². The monoisotopic (exact) mass is 400 g/mol. The lowest BCUT2D eigenvalue weighted by atomic mass is 10.1. The number of nitrogens with zero attached hydrogens (tertiary/aromatic N) is 3. The minimum Gasteiger partial charge on any atom is -0.325 e. The van der Waals surface area contributed by atoms with Gasteiger partial charge in [0.25, 0.3) is 0 Å². The van der Waals surface area contributed by atoms with Gasteiger partial charge < -0.3 is 9.88 Å². The van der Waals surface area contributed by atoms with Gasteiger partial charge in [-0.2, -0.15) is 0 Å². The first-order valence-electron chi connectivity index (χ1n) is 8.67. The largest absolute Gasteiger partial charge is 0.325 e. The molecule has 0 aliphatic carbocycles. The summed E-state index contributed by atoms with van der Waals surface area (Å²) < 4.78 is 2.04. The summed E-state index contributed by atoms with van der Waals surface area (Å²) in [6, 6.07) is 13.5. The van der Waals surface area contributed by atoms with E-state index in [0.29, 0.717) is 5.02 Å². The molecule has 1 N–H and O–H groups in total. The van der Waals surface area contributed by atoms with Gasteiger partial charge in [0.2, 0.25) is 5.91 Å². The number of halogens is 1. The first kappa shape index (κ1) is 19.5. The zero-order chi connectivity index (χ0) is 19.4.